The summed E-state index contributed by atoms with van der Waals surface area (Å²) in [6.07, 6.45) is 1.42. The Hall–Kier alpha value is -1.94. The van der Waals surface area contributed by atoms with Gasteiger partial charge in [-0.15, -0.1) is 11.3 Å². The highest BCUT2D eigenvalue weighted by molar-refractivity contribution is 7.91. The Labute approximate surface area is 187 Å². The molecule has 1 unspecified atom stereocenters. The highest BCUT2D eigenvalue weighted by Gasteiger charge is 2.36. The molecule has 2 aliphatic rings. The Kier molecular flexibility index (Phi) is 7.74. The fourth-order valence-electron chi connectivity index (χ4n) is 4.08. The number of sulfone groups is 1. The molecule has 0 saturated carbocycles. The van der Waals surface area contributed by atoms with Crippen molar-refractivity contribution in [3.63, 3.8) is 0 Å². The normalized spacial score (nSPS) is 21.3. The molecule has 31 heavy (non-hydrogen) atoms. The molecule has 0 aliphatic carbocycles. The monoisotopic (exact) mass is 470 g/mol. The second-order valence-electron chi connectivity index (χ2n) is 8.65. The molecule has 0 aromatic carbocycles. The van der Waals surface area contributed by atoms with Gasteiger partial charge >= 0.3 is 5.97 Å². The summed E-state index contributed by atoms with van der Waals surface area (Å²) >= 11 is 1.40. The van der Waals surface area contributed by atoms with Crippen molar-refractivity contribution >= 4 is 39.0 Å². The first-order chi connectivity index (χ1) is 14.7. The maximum atomic E-state index is 12.7. The minimum Gasteiger partial charge on any atom is -0.455 e. The average Bonchev–Trinajstić information content (AvgIpc) is 3.39. The highest BCUT2D eigenvalue weighted by atomic mass is 32.2. The fraction of sp³-hybridized carbons (Fsp3) is 0.667. The minimum absolute atomic E-state index is 0.0205. The van der Waals surface area contributed by atoms with Crippen LogP contribution < -0.4 is 0 Å². The molecule has 3 heterocycles. The largest absolute Gasteiger partial charge is 0.455 e. The first kappa shape index (κ1) is 23.7. The molecule has 2 aliphatic heterocycles. The van der Waals surface area contributed by atoms with Crippen LogP contribution in [-0.2, 0) is 24.2 Å². The van der Waals surface area contributed by atoms with E-state index in [1.54, 1.807) is 15.9 Å². The number of likely N-dealkylation sites (tertiary alicyclic amines) is 1. The zero-order valence-electron chi connectivity index (χ0n) is 18.0. The second-order valence-corrected chi connectivity index (χ2v) is 11.8. The lowest BCUT2D eigenvalue weighted by Crippen LogP contribution is -2.45. The quantitative estimate of drug-likeness (QED) is 0.564. The number of amides is 2. The van der Waals surface area contributed by atoms with Gasteiger partial charge in [0, 0.05) is 25.7 Å². The molecule has 0 N–H and O–H groups in total. The number of hydrogen-bond donors (Lipinski definition) is 0. The summed E-state index contributed by atoms with van der Waals surface area (Å²) in [4.78, 5) is 41.6. The molecule has 10 heteroatoms. The zero-order valence-corrected chi connectivity index (χ0v) is 19.6. The van der Waals surface area contributed by atoms with E-state index in [0.717, 1.165) is 0 Å². The van der Waals surface area contributed by atoms with Crippen molar-refractivity contribution in [1.82, 2.24) is 9.80 Å². The molecule has 8 nitrogen and oxygen atoms in total. The third-order valence-corrected chi connectivity index (χ3v) is 8.32. The predicted molar refractivity (Wildman–Crippen MR) is 118 cm³/mol. The van der Waals surface area contributed by atoms with Crippen LogP contribution in [0.1, 0.15) is 42.8 Å². The smallest absolute Gasteiger partial charge is 0.309 e. The maximum absolute atomic E-state index is 12.7. The van der Waals surface area contributed by atoms with Crippen molar-refractivity contribution < 1.29 is 27.5 Å². The Morgan fingerprint density at radius 1 is 1.23 bits per heavy atom. The molecule has 2 amide bonds. The summed E-state index contributed by atoms with van der Waals surface area (Å²) in [6.45, 7) is 4.92. The summed E-state index contributed by atoms with van der Waals surface area (Å²) in [6, 6.07) is 3.27. The van der Waals surface area contributed by atoms with Crippen LogP contribution in [0.4, 0.5) is 0 Å². The number of thiophene rings is 1. The molecule has 2 saturated heterocycles. The molecular formula is C21H30N2O6S2. The Balaban J connectivity index is 1.49. The van der Waals surface area contributed by atoms with Crippen LogP contribution in [0.2, 0.25) is 0 Å². The van der Waals surface area contributed by atoms with Gasteiger partial charge in [-0.3, -0.25) is 14.4 Å². The lowest BCUT2D eigenvalue weighted by Gasteiger charge is -2.31. The van der Waals surface area contributed by atoms with Gasteiger partial charge in [0.15, 0.2) is 16.4 Å². The van der Waals surface area contributed by atoms with Crippen LogP contribution >= 0.6 is 11.3 Å². The summed E-state index contributed by atoms with van der Waals surface area (Å²) < 4.78 is 29.0. The summed E-state index contributed by atoms with van der Waals surface area (Å²) in [5, 5.41) is 1.86. The van der Waals surface area contributed by atoms with E-state index in [9.17, 15) is 22.8 Å². The number of ether oxygens (including phenoxy) is 1. The van der Waals surface area contributed by atoms with Crippen LogP contribution in [0.5, 0.6) is 0 Å². The van der Waals surface area contributed by atoms with E-state index in [4.69, 9.17) is 4.74 Å². The van der Waals surface area contributed by atoms with E-state index < -0.39 is 15.8 Å². The van der Waals surface area contributed by atoms with Gasteiger partial charge in [0.2, 0.25) is 0 Å². The van der Waals surface area contributed by atoms with E-state index in [1.165, 1.54) is 11.3 Å². The van der Waals surface area contributed by atoms with Gasteiger partial charge in [0.05, 0.1) is 22.3 Å². The molecule has 172 valence electrons. The molecule has 3 rings (SSSR count). The minimum atomic E-state index is -3.12. The zero-order chi connectivity index (χ0) is 22.6. The molecule has 2 fully saturated rings. The first-order valence-corrected chi connectivity index (χ1v) is 13.4. The third-order valence-electron chi connectivity index (χ3n) is 5.72. The van der Waals surface area contributed by atoms with E-state index in [1.807, 2.05) is 25.3 Å². The molecule has 0 radical (unpaired) electrons. The lowest BCUT2D eigenvalue weighted by molar-refractivity contribution is -0.157. The van der Waals surface area contributed by atoms with Gasteiger partial charge in [-0.05, 0) is 36.6 Å². The van der Waals surface area contributed by atoms with Gasteiger partial charge in [-0.1, -0.05) is 19.9 Å². The fourth-order valence-corrected chi connectivity index (χ4v) is 6.50. The van der Waals surface area contributed by atoms with Crippen molar-refractivity contribution in [1.29, 1.82) is 0 Å². The summed E-state index contributed by atoms with van der Waals surface area (Å²) in [5.41, 5.74) is 0. The van der Waals surface area contributed by atoms with Crippen LogP contribution in [0.15, 0.2) is 17.5 Å². The van der Waals surface area contributed by atoms with Crippen molar-refractivity contribution in [3.05, 3.63) is 22.4 Å². The van der Waals surface area contributed by atoms with Gasteiger partial charge in [0.1, 0.15) is 0 Å². The number of hydrogen-bond acceptors (Lipinski definition) is 7. The number of nitrogens with zero attached hydrogens (tertiary/aromatic N) is 2. The van der Waals surface area contributed by atoms with Crippen molar-refractivity contribution in [2.45, 2.75) is 39.2 Å². The van der Waals surface area contributed by atoms with Gasteiger partial charge < -0.3 is 14.5 Å². The number of piperidine rings is 1. The lowest BCUT2D eigenvalue weighted by atomic mass is 9.97. The van der Waals surface area contributed by atoms with Crippen molar-refractivity contribution in [3.8, 4) is 0 Å². The number of carbonyl (C=O) groups is 3. The van der Waals surface area contributed by atoms with Crippen LogP contribution in [0, 0.1) is 11.8 Å². The number of esters is 1. The standard InChI is InChI=1S/C21H30N2O6S2/c1-15(2)12-23(17-7-11-31(27,28)14-17)19(24)13-29-21(26)16-5-8-22(9-6-16)20(25)18-4-3-10-30-18/h3-4,10,15-17H,5-9,11-14H2,1-2H3. The SMILES string of the molecule is CC(C)CN(C(=O)COC(=O)C1CCN(C(=O)c2cccs2)CC1)C1CCS(=O)(=O)C1. The predicted octanol–water partition coefficient (Wildman–Crippen LogP) is 1.82. The first-order valence-electron chi connectivity index (χ1n) is 10.7. The van der Waals surface area contributed by atoms with E-state index in [0.29, 0.717) is 43.8 Å². The number of rotatable bonds is 7. The molecular weight excluding hydrogens is 440 g/mol. The van der Waals surface area contributed by atoms with Crippen molar-refractivity contribution in [2.24, 2.45) is 11.8 Å². The summed E-state index contributed by atoms with van der Waals surface area (Å²) in [5.74, 6) is -0.917. The Bertz CT molecular complexity index is 889. The van der Waals surface area contributed by atoms with Gasteiger partial charge in [-0.2, -0.15) is 0 Å². The Morgan fingerprint density at radius 3 is 2.48 bits per heavy atom. The topological polar surface area (TPSA) is 101 Å². The van der Waals surface area contributed by atoms with Gasteiger partial charge in [-0.25, -0.2) is 8.42 Å². The highest BCUT2D eigenvalue weighted by Crippen LogP contribution is 2.23. The molecule has 1 atom stereocenters. The average molecular weight is 471 g/mol. The van der Waals surface area contributed by atoms with E-state index in [2.05, 4.69) is 0 Å². The van der Waals surface area contributed by atoms with Crippen LogP contribution in [0.25, 0.3) is 0 Å². The second kappa shape index (κ2) is 10.1. The van der Waals surface area contributed by atoms with Gasteiger partial charge in [0.25, 0.3) is 11.8 Å². The molecule has 0 bridgehead atoms. The molecule has 1 aromatic rings. The van der Waals surface area contributed by atoms with E-state index >= 15 is 0 Å². The van der Waals surface area contributed by atoms with E-state index in [-0.39, 0.29) is 47.8 Å². The molecule has 0 spiro atoms. The maximum Gasteiger partial charge on any atom is 0.309 e. The summed E-state index contributed by atoms with van der Waals surface area (Å²) in [7, 11) is -3.12. The third kappa shape index (κ3) is 6.29. The Morgan fingerprint density at radius 2 is 1.94 bits per heavy atom. The van der Waals surface area contributed by atoms with Crippen LogP contribution in [-0.4, -0.2) is 79.8 Å². The van der Waals surface area contributed by atoms with Crippen molar-refractivity contribution in [2.75, 3.05) is 37.7 Å². The van der Waals surface area contributed by atoms with Crippen LogP contribution in [0.3, 0.4) is 0 Å². The number of carbonyl (C=O) groups excluding carboxylic acids is 3. The molecule has 1 aromatic heterocycles.